The van der Waals surface area contributed by atoms with E-state index in [9.17, 15) is 18.0 Å². The van der Waals surface area contributed by atoms with Crippen LogP contribution in [0.3, 0.4) is 0 Å². The molecule has 7 nitrogen and oxygen atoms in total. The van der Waals surface area contributed by atoms with Crippen LogP contribution in [0, 0.1) is 0 Å². The number of rotatable bonds is 10. The van der Waals surface area contributed by atoms with E-state index in [0.29, 0.717) is 17.9 Å². The fraction of sp³-hybridized carbons (Fsp3) is 0.312. The lowest BCUT2D eigenvalue weighted by Crippen LogP contribution is -2.35. The van der Waals surface area contributed by atoms with Crippen LogP contribution in [0.1, 0.15) is 43.7 Å². The van der Waals surface area contributed by atoms with Crippen LogP contribution in [-0.2, 0) is 17.6 Å². The minimum absolute atomic E-state index is 0.0806. The van der Waals surface area contributed by atoms with Gasteiger partial charge in [0.25, 0.3) is 0 Å². The van der Waals surface area contributed by atoms with Gasteiger partial charge < -0.3 is 9.64 Å². The van der Waals surface area contributed by atoms with Gasteiger partial charge in [-0.3, -0.25) is 4.79 Å². The molecule has 2 heterocycles. The first-order valence-corrected chi connectivity index (χ1v) is 15.2. The summed E-state index contributed by atoms with van der Waals surface area (Å²) in [6, 6.07) is 21.7. The standard InChI is InChI=1S/C32H32F3N5O2S/c1-2-24-9-4-5-10-28(24)39-20-7-21-43-31(39)37-29(41)11-6-3-8-23-12-14-25(15-13-23)30-36-22-40(38-30)26-16-18-27(19-17-26)42-32(33,34)35/h4-5,9-10,12-19,22H,2-3,6-8,11,20-21H2,1H3. The van der Waals surface area contributed by atoms with E-state index in [4.69, 9.17) is 0 Å². The van der Waals surface area contributed by atoms with Crippen LogP contribution >= 0.6 is 11.8 Å². The van der Waals surface area contributed by atoms with Crippen molar-refractivity contribution in [2.45, 2.75) is 51.8 Å². The lowest BCUT2D eigenvalue weighted by atomic mass is 10.0. The minimum Gasteiger partial charge on any atom is -0.406 e. The molecule has 0 bridgehead atoms. The van der Waals surface area contributed by atoms with E-state index in [1.807, 2.05) is 36.4 Å². The SMILES string of the molecule is CCc1ccccc1N1CCCSC1=NC(=O)CCCCc1ccc(-c2ncn(-c3ccc(OC(F)(F)F)cc3)n2)cc1. The fourth-order valence-electron chi connectivity index (χ4n) is 4.86. The lowest BCUT2D eigenvalue weighted by Gasteiger charge is -2.31. The van der Waals surface area contributed by atoms with Gasteiger partial charge in [0.05, 0.1) is 5.69 Å². The highest BCUT2D eigenvalue weighted by Crippen LogP contribution is 2.29. The molecule has 5 rings (SSSR count). The van der Waals surface area contributed by atoms with Gasteiger partial charge in [-0.1, -0.05) is 61.2 Å². The first kappa shape index (κ1) is 30.3. The first-order chi connectivity index (χ1) is 20.8. The summed E-state index contributed by atoms with van der Waals surface area (Å²) in [6.07, 6.45) is 1.64. The third-order valence-corrected chi connectivity index (χ3v) is 8.08. The van der Waals surface area contributed by atoms with Crippen molar-refractivity contribution in [3.63, 3.8) is 0 Å². The number of amidine groups is 1. The maximum atomic E-state index is 12.7. The zero-order valence-electron chi connectivity index (χ0n) is 23.8. The molecule has 3 aromatic carbocycles. The minimum atomic E-state index is -4.74. The average molecular weight is 608 g/mol. The Hall–Kier alpha value is -4.12. The number of hydrogen-bond donors (Lipinski definition) is 0. The van der Waals surface area contributed by atoms with Crippen molar-refractivity contribution in [1.82, 2.24) is 14.8 Å². The highest BCUT2D eigenvalue weighted by Gasteiger charge is 2.31. The number of carbonyl (C=O) groups excluding carboxylic acids is 1. The molecular weight excluding hydrogens is 575 g/mol. The number of amides is 1. The number of thioether (sulfide) groups is 1. The molecule has 1 fully saturated rings. The number of aryl methyl sites for hydroxylation is 2. The predicted octanol–water partition coefficient (Wildman–Crippen LogP) is 7.63. The van der Waals surface area contributed by atoms with Gasteiger partial charge >= 0.3 is 6.36 Å². The molecule has 0 spiro atoms. The summed E-state index contributed by atoms with van der Waals surface area (Å²) in [5.74, 6) is 1.09. The number of hydrogen-bond acceptors (Lipinski definition) is 5. The Kier molecular flexibility index (Phi) is 9.81. The fourth-order valence-corrected chi connectivity index (χ4v) is 5.83. The topological polar surface area (TPSA) is 72.6 Å². The molecule has 1 saturated heterocycles. The van der Waals surface area contributed by atoms with Gasteiger partial charge in [0.2, 0.25) is 5.91 Å². The number of anilines is 1. The third-order valence-electron chi connectivity index (χ3n) is 7.02. The number of aromatic nitrogens is 3. The Bertz CT molecular complexity index is 1550. The zero-order valence-corrected chi connectivity index (χ0v) is 24.6. The Labute approximate surface area is 252 Å². The molecule has 1 amide bonds. The molecule has 0 N–H and O–H groups in total. The number of unbranched alkanes of at least 4 members (excludes halogenated alkanes) is 1. The molecule has 0 saturated carbocycles. The van der Waals surface area contributed by atoms with Crippen molar-refractivity contribution >= 4 is 28.5 Å². The van der Waals surface area contributed by atoms with Crippen molar-refractivity contribution in [2.75, 3.05) is 17.2 Å². The number of benzene rings is 3. The Morgan fingerprint density at radius 2 is 1.79 bits per heavy atom. The summed E-state index contributed by atoms with van der Waals surface area (Å²) in [5.41, 5.74) is 4.93. The lowest BCUT2D eigenvalue weighted by molar-refractivity contribution is -0.274. The van der Waals surface area contributed by atoms with Gasteiger partial charge in [-0.15, -0.1) is 18.3 Å². The number of halogens is 3. The highest BCUT2D eigenvalue weighted by molar-refractivity contribution is 8.14. The van der Waals surface area contributed by atoms with E-state index in [0.717, 1.165) is 66.4 Å². The van der Waals surface area contributed by atoms with E-state index in [1.54, 1.807) is 11.8 Å². The van der Waals surface area contributed by atoms with Crippen molar-refractivity contribution in [1.29, 1.82) is 0 Å². The van der Waals surface area contributed by atoms with Crippen molar-refractivity contribution < 1.29 is 22.7 Å². The van der Waals surface area contributed by atoms with E-state index in [1.165, 1.54) is 40.8 Å². The Balaban J connectivity index is 1.11. The van der Waals surface area contributed by atoms with Crippen molar-refractivity contribution in [3.8, 4) is 22.8 Å². The monoisotopic (exact) mass is 607 g/mol. The molecular formula is C32H32F3N5O2S. The number of aliphatic imine (C=N–C) groups is 1. The van der Waals surface area contributed by atoms with Crippen LogP contribution < -0.4 is 9.64 Å². The molecule has 0 aliphatic carbocycles. The summed E-state index contributed by atoms with van der Waals surface area (Å²) in [5, 5.41) is 5.25. The number of carbonyl (C=O) groups is 1. The van der Waals surface area contributed by atoms with Crippen molar-refractivity contribution in [3.05, 3.63) is 90.3 Å². The first-order valence-electron chi connectivity index (χ1n) is 14.3. The number of para-hydroxylation sites is 1. The maximum Gasteiger partial charge on any atom is 0.573 e. The summed E-state index contributed by atoms with van der Waals surface area (Å²) < 4.78 is 42.6. The highest BCUT2D eigenvalue weighted by atomic mass is 32.2. The van der Waals surface area contributed by atoms with E-state index >= 15 is 0 Å². The molecule has 11 heteroatoms. The van der Waals surface area contributed by atoms with Crippen LogP contribution in [0.2, 0.25) is 0 Å². The normalized spacial score (nSPS) is 14.7. The molecule has 1 aliphatic heterocycles. The van der Waals surface area contributed by atoms with Gasteiger partial charge in [-0.25, -0.2) is 9.67 Å². The maximum absolute atomic E-state index is 12.7. The number of alkyl halides is 3. The molecule has 224 valence electrons. The Morgan fingerprint density at radius 1 is 1.02 bits per heavy atom. The summed E-state index contributed by atoms with van der Waals surface area (Å²) >= 11 is 1.65. The molecule has 43 heavy (non-hydrogen) atoms. The van der Waals surface area contributed by atoms with E-state index < -0.39 is 6.36 Å². The van der Waals surface area contributed by atoms with Gasteiger partial charge in [0.1, 0.15) is 12.1 Å². The molecule has 1 aromatic heterocycles. The summed E-state index contributed by atoms with van der Waals surface area (Å²) in [4.78, 5) is 23.8. The van der Waals surface area contributed by atoms with E-state index in [2.05, 4.69) is 43.8 Å². The molecule has 1 aliphatic rings. The van der Waals surface area contributed by atoms with Crippen LogP contribution in [0.5, 0.6) is 5.75 Å². The van der Waals surface area contributed by atoms with Gasteiger partial charge in [-0.05, 0) is 73.6 Å². The van der Waals surface area contributed by atoms with Crippen LogP contribution in [0.4, 0.5) is 18.9 Å². The van der Waals surface area contributed by atoms with Crippen LogP contribution in [-0.4, -0.2) is 44.5 Å². The van der Waals surface area contributed by atoms with Crippen molar-refractivity contribution in [2.24, 2.45) is 4.99 Å². The largest absolute Gasteiger partial charge is 0.573 e. The second-order valence-corrected chi connectivity index (χ2v) is 11.1. The second kappa shape index (κ2) is 13.9. The molecule has 0 unspecified atom stereocenters. The van der Waals surface area contributed by atoms with Crippen LogP contribution in [0.15, 0.2) is 84.1 Å². The molecule has 0 atom stereocenters. The predicted molar refractivity (Wildman–Crippen MR) is 164 cm³/mol. The quantitative estimate of drug-likeness (QED) is 0.173. The van der Waals surface area contributed by atoms with Gasteiger partial charge in [0, 0.05) is 30.0 Å². The third kappa shape index (κ3) is 8.25. The van der Waals surface area contributed by atoms with Gasteiger partial charge in [0.15, 0.2) is 11.0 Å². The average Bonchev–Trinajstić information content (AvgIpc) is 3.50. The van der Waals surface area contributed by atoms with E-state index in [-0.39, 0.29) is 11.7 Å². The summed E-state index contributed by atoms with van der Waals surface area (Å²) in [6.45, 7) is 3.01. The summed E-state index contributed by atoms with van der Waals surface area (Å²) in [7, 11) is 0. The number of nitrogens with zero attached hydrogens (tertiary/aromatic N) is 5. The number of ether oxygens (including phenoxy) is 1. The molecule has 4 aromatic rings. The van der Waals surface area contributed by atoms with Gasteiger partial charge in [-0.2, -0.15) is 4.99 Å². The second-order valence-electron chi connectivity index (χ2n) is 10.1. The smallest absolute Gasteiger partial charge is 0.406 e. The molecule has 0 radical (unpaired) electrons. The Morgan fingerprint density at radius 3 is 2.53 bits per heavy atom. The van der Waals surface area contributed by atoms with Crippen LogP contribution in [0.25, 0.3) is 17.1 Å². The zero-order chi connectivity index (χ0) is 30.2.